The lowest BCUT2D eigenvalue weighted by molar-refractivity contribution is 0.264. The van der Waals surface area contributed by atoms with Gasteiger partial charge in [-0.1, -0.05) is 6.07 Å². The first-order valence-electron chi connectivity index (χ1n) is 5.36. The number of hydrogen-bond acceptors (Lipinski definition) is 2. The molecule has 0 saturated carbocycles. The molecule has 0 bridgehead atoms. The molecule has 0 saturated heterocycles. The molecule has 0 heterocycles. The van der Waals surface area contributed by atoms with E-state index in [1.807, 2.05) is 13.8 Å². The van der Waals surface area contributed by atoms with Crippen LogP contribution in [-0.2, 0) is 0 Å². The Morgan fingerprint density at radius 2 is 1.94 bits per heavy atom. The molecule has 2 N–H and O–H groups in total. The largest absolute Gasteiger partial charge is 0.396 e. The zero-order valence-corrected chi connectivity index (χ0v) is 9.50. The van der Waals surface area contributed by atoms with Crippen LogP contribution in [0.4, 0.5) is 8.78 Å². The van der Waals surface area contributed by atoms with E-state index in [0.29, 0.717) is 12.0 Å². The second kappa shape index (κ2) is 5.92. The van der Waals surface area contributed by atoms with Crippen LogP contribution < -0.4 is 5.32 Å². The molecule has 0 aliphatic rings. The first-order valence-corrected chi connectivity index (χ1v) is 5.36. The molecule has 2 nitrogen and oxygen atoms in total. The number of aliphatic hydroxyl groups excluding tert-OH is 1. The summed E-state index contributed by atoms with van der Waals surface area (Å²) in [7, 11) is 0. The van der Waals surface area contributed by atoms with Gasteiger partial charge in [-0.25, -0.2) is 8.78 Å². The van der Waals surface area contributed by atoms with Gasteiger partial charge in [0.15, 0.2) is 11.6 Å². The maximum absolute atomic E-state index is 13.0. The highest BCUT2D eigenvalue weighted by Gasteiger charge is 2.11. The molecule has 1 aromatic rings. The van der Waals surface area contributed by atoms with Crippen LogP contribution >= 0.6 is 0 Å². The summed E-state index contributed by atoms with van der Waals surface area (Å²) in [4.78, 5) is 0. The van der Waals surface area contributed by atoms with E-state index in [0.717, 1.165) is 6.07 Å². The fourth-order valence-corrected chi connectivity index (χ4v) is 1.58. The molecule has 4 heteroatoms. The van der Waals surface area contributed by atoms with E-state index in [-0.39, 0.29) is 18.7 Å². The first kappa shape index (κ1) is 13.1. The maximum atomic E-state index is 13.0. The Morgan fingerprint density at radius 1 is 1.25 bits per heavy atom. The molecule has 0 radical (unpaired) electrons. The first-order chi connectivity index (χ1) is 7.54. The Kier molecular flexibility index (Phi) is 4.83. The molecule has 0 aromatic heterocycles. The molecular weight excluding hydrogens is 212 g/mol. The standard InChI is InChI=1S/C12H17F2NO/c1-8(5-6-16)15-9(2)10-3-4-11(13)12(14)7-10/h3-4,7-9,15-16H,5-6H2,1-2H3. The minimum atomic E-state index is -0.834. The van der Waals surface area contributed by atoms with Crippen LogP contribution in [0, 0.1) is 11.6 Å². The molecule has 1 rings (SSSR count). The predicted molar refractivity (Wildman–Crippen MR) is 59.1 cm³/mol. The molecule has 0 amide bonds. The lowest BCUT2D eigenvalue weighted by Crippen LogP contribution is -2.29. The SMILES string of the molecule is CC(CCO)NC(C)c1ccc(F)c(F)c1. The minimum absolute atomic E-state index is 0.0725. The van der Waals surface area contributed by atoms with Crippen molar-refractivity contribution in [1.29, 1.82) is 0 Å². The van der Waals surface area contributed by atoms with Gasteiger partial charge in [-0.3, -0.25) is 0 Å². The number of hydrogen-bond donors (Lipinski definition) is 2. The number of nitrogens with one attached hydrogen (secondary N) is 1. The van der Waals surface area contributed by atoms with Crippen molar-refractivity contribution in [3.8, 4) is 0 Å². The van der Waals surface area contributed by atoms with Crippen LogP contribution in [0.15, 0.2) is 18.2 Å². The molecular formula is C12H17F2NO. The summed E-state index contributed by atoms with van der Waals surface area (Å²) in [6, 6.07) is 3.93. The highest BCUT2D eigenvalue weighted by molar-refractivity contribution is 5.20. The fraction of sp³-hybridized carbons (Fsp3) is 0.500. The van der Waals surface area contributed by atoms with Crippen LogP contribution in [0.1, 0.15) is 31.9 Å². The van der Waals surface area contributed by atoms with Crippen molar-refractivity contribution in [3.63, 3.8) is 0 Å². The summed E-state index contributed by atoms with van der Waals surface area (Å²) in [5, 5.41) is 11.9. The summed E-state index contributed by atoms with van der Waals surface area (Å²) < 4.78 is 25.7. The van der Waals surface area contributed by atoms with Gasteiger partial charge in [-0.2, -0.15) is 0 Å². The Bertz CT molecular complexity index is 344. The van der Waals surface area contributed by atoms with Crippen molar-refractivity contribution < 1.29 is 13.9 Å². The van der Waals surface area contributed by atoms with Crippen molar-refractivity contribution in [1.82, 2.24) is 5.32 Å². The van der Waals surface area contributed by atoms with Crippen LogP contribution in [0.2, 0.25) is 0 Å². The van der Waals surface area contributed by atoms with Gasteiger partial charge < -0.3 is 10.4 Å². The Labute approximate surface area is 94.3 Å². The molecule has 1 aromatic carbocycles. The van der Waals surface area contributed by atoms with Crippen LogP contribution in [-0.4, -0.2) is 17.8 Å². The molecule has 0 aliphatic heterocycles. The molecule has 16 heavy (non-hydrogen) atoms. The topological polar surface area (TPSA) is 32.3 Å². The lowest BCUT2D eigenvalue weighted by atomic mass is 10.1. The minimum Gasteiger partial charge on any atom is -0.396 e. The van der Waals surface area contributed by atoms with Gasteiger partial charge in [0.25, 0.3) is 0 Å². The second-order valence-electron chi connectivity index (χ2n) is 3.98. The Morgan fingerprint density at radius 3 is 2.50 bits per heavy atom. The quantitative estimate of drug-likeness (QED) is 0.812. The zero-order chi connectivity index (χ0) is 12.1. The number of aliphatic hydroxyl groups is 1. The molecule has 90 valence electrons. The van der Waals surface area contributed by atoms with Gasteiger partial charge in [0.05, 0.1) is 0 Å². The third kappa shape index (κ3) is 3.54. The highest BCUT2D eigenvalue weighted by atomic mass is 19.2. The monoisotopic (exact) mass is 229 g/mol. The summed E-state index contributed by atoms with van der Waals surface area (Å²) in [5.41, 5.74) is 0.698. The van der Waals surface area contributed by atoms with Gasteiger partial charge in [-0.05, 0) is 38.0 Å². The van der Waals surface area contributed by atoms with Crippen molar-refractivity contribution in [2.75, 3.05) is 6.61 Å². The molecule has 0 fully saturated rings. The third-order valence-corrected chi connectivity index (χ3v) is 2.54. The van der Waals surface area contributed by atoms with Crippen molar-refractivity contribution >= 4 is 0 Å². The lowest BCUT2D eigenvalue weighted by Gasteiger charge is -2.19. The van der Waals surface area contributed by atoms with E-state index in [1.54, 1.807) is 6.07 Å². The van der Waals surface area contributed by atoms with Crippen LogP contribution in [0.3, 0.4) is 0 Å². The van der Waals surface area contributed by atoms with Gasteiger partial charge in [-0.15, -0.1) is 0 Å². The zero-order valence-electron chi connectivity index (χ0n) is 9.50. The van der Waals surface area contributed by atoms with Crippen LogP contribution in [0.5, 0.6) is 0 Å². The number of halogens is 2. The van der Waals surface area contributed by atoms with Crippen molar-refractivity contribution in [3.05, 3.63) is 35.4 Å². The summed E-state index contributed by atoms with van der Waals surface area (Å²) in [6.07, 6.45) is 0.633. The van der Waals surface area contributed by atoms with Gasteiger partial charge in [0.1, 0.15) is 0 Å². The van der Waals surface area contributed by atoms with Crippen molar-refractivity contribution in [2.24, 2.45) is 0 Å². The summed E-state index contributed by atoms with van der Waals surface area (Å²) in [5.74, 6) is -1.67. The molecule has 0 spiro atoms. The Hall–Kier alpha value is -1.00. The van der Waals surface area contributed by atoms with Crippen molar-refractivity contribution in [2.45, 2.75) is 32.4 Å². The van der Waals surface area contributed by atoms with Gasteiger partial charge >= 0.3 is 0 Å². The van der Waals surface area contributed by atoms with E-state index < -0.39 is 11.6 Å². The highest BCUT2D eigenvalue weighted by Crippen LogP contribution is 2.16. The summed E-state index contributed by atoms with van der Waals surface area (Å²) >= 11 is 0. The second-order valence-corrected chi connectivity index (χ2v) is 3.98. The number of rotatable bonds is 5. The van der Waals surface area contributed by atoms with E-state index in [2.05, 4.69) is 5.32 Å². The molecule has 0 aliphatic carbocycles. The van der Waals surface area contributed by atoms with Gasteiger partial charge in [0, 0.05) is 18.7 Å². The third-order valence-electron chi connectivity index (χ3n) is 2.54. The van der Waals surface area contributed by atoms with E-state index in [1.165, 1.54) is 6.07 Å². The predicted octanol–water partition coefficient (Wildman–Crippen LogP) is 2.39. The Balaban J connectivity index is 2.65. The van der Waals surface area contributed by atoms with E-state index in [4.69, 9.17) is 5.11 Å². The fourth-order valence-electron chi connectivity index (χ4n) is 1.58. The molecule has 2 atom stereocenters. The summed E-state index contributed by atoms with van der Waals surface area (Å²) in [6.45, 7) is 3.92. The average Bonchev–Trinajstić information content (AvgIpc) is 2.22. The van der Waals surface area contributed by atoms with Crippen LogP contribution in [0.25, 0.3) is 0 Å². The average molecular weight is 229 g/mol. The smallest absolute Gasteiger partial charge is 0.159 e. The maximum Gasteiger partial charge on any atom is 0.159 e. The normalized spacial score (nSPS) is 14.8. The van der Waals surface area contributed by atoms with E-state index >= 15 is 0 Å². The number of benzene rings is 1. The molecule has 2 unspecified atom stereocenters. The van der Waals surface area contributed by atoms with Gasteiger partial charge in [0.2, 0.25) is 0 Å². The van der Waals surface area contributed by atoms with E-state index in [9.17, 15) is 8.78 Å².